The van der Waals surface area contributed by atoms with Crippen molar-refractivity contribution < 1.29 is 14.2 Å². The fourth-order valence-electron chi connectivity index (χ4n) is 2.33. The van der Waals surface area contributed by atoms with Crippen molar-refractivity contribution in [2.75, 3.05) is 19.2 Å². The third-order valence-electron chi connectivity index (χ3n) is 3.34. The number of rotatable bonds is 3. The van der Waals surface area contributed by atoms with Crippen molar-refractivity contribution in [3.63, 3.8) is 0 Å². The van der Waals surface area contributed by atoms with Gasteiger partial charge >= 0.3 is 0 Å². The average Bonchev–Trinajstić information content (AvgIpc) is 3.10. The van der Waals surface area contributed by atoms with Gasteiger partial charge in [-0.25, -0.2) is 4.98 Å². The van der Waals surface area contributed by atoms with E-state index < -0.39 is 0 Å². The number of fused-ring (bicyclic) bond motifs is 2. The van der Waals surface area contributed by atoms with Crippen LogP contribution in [-0.4, -0.2) is 23.9 Å². The molecule has 3 aromatic rings. The van der Waals surface area contributed by atoms with Crippen molar-refractivity contribution in [2.45, 2.75) is 0 Å². The SMILES string of the molecule is COc1ccccc1Nc1nc2cc3c(cc2[nH]1)OCO3. The van der Waals surface area contributed by atoms with E-state index in [4.69, 9.17) is 14.2 Å². The van der Waals surface area contributed by atoms with Crippen LogP contribution in [0.25, 0.3) is 11.0 Å². The maximum absolute atomic E-state index is 5.36. The zero-order valence-electron chi connectivity index (χ0n) is 11.3. The lowest BCUT2D eigenvalue weighted by molar-refractivity contribution is 0.174. The molecule has 6 nitrogen and oxygen atoms in total. The van der Waals surface area contributed by atoms with Crippen LogP contribution in [0.15, 0.2) is 36.4 Å². The number of H-pyrrole nitrogens is 1. The molecular weight excluding hydrogens is 270 g/mol. The van der Waals surface area contributed by atoms with Crippen LogP contribution in [0.1, 0.15) is 0 Å². The normalized spacial score (nSPS) is 12.6. The van der Waals surface area contributed by atoms with Gasteiger partial charge in [0.25, 0.3) is 0 Å². The fourth-order valence-corrected chi connectivity index (χ4v) is 2.33. The van der Waals surface area contributed by atoms with Gasteiger partial charge < -0.3 is 24.5 Å². The Balaban J connectivity index is 1.71. The van der Waals surface area contributed by atoms with Crippen molar-refractivity contribution in [1.29, 1.82) is 0 Å². The quantitative estimate of drug-likeness (QED) is 0.773. The van der Waals surface area contributed by atoms with Gasteiger partial charge in [0.2, 0.25) is 12.7 Å². The summed E-state index contributed by atoms with van der Waals surface area (Å²) < 4.78 is 16.0. The van der Waals surface area contributed by atoms with E-state index in [1.807, 2.05) is 36.4 Å². The first-order valence-electron chi connectivity index (χ1n) is 6.53. The Morgan fingerprint density at radius 1 is 1.19 bits per heavy atom. The Bertz CT molecular complexity index is 772. The standard InChI is InChI=1S/C15H13N3O3/c1-19-12-5-3-2-4-9(12)16-15-17-10-6-13-14(21-8-20-13)7-11(10)18-15/h2-7H,8H2,1H3,(H2,16,17,18). The molecule has 1 aliphatic heterocycles. The predicted molar refractivity (Wildman–Crippen MR) is 78.5 cm³/mol. The Kier molecular flexibility index (Phi) is 2.60. The molecule has 0 radical (unpaired) electrons. The Morgan fingerprint density at radius 2 is 2.00 bits per heavy atom. The van der Waals surface area contributed by atoms with Gasteiger partial charge in [-0.3, -0.25) is 0 Å². The largest absolute Gasteiger partial charge is 0.495 e. The number of nitrogens with one attached hydrogen (secondary N) is 2. The smallest absolute Gasteiger partial charge is 0.231 e. The highest BCUT2D eigenvalue weighted by atomic mass is 16.7. The van der Waals surface area contributed by atoms with Crippen LogP contribution in [0.2, 0.25) is 0 Å². The summed E-state index contributed by atoms with van der Waals surface area (Å²) in [7, 11) is 1.64. The van der Waals surface area contributed by atoms with Crippen LogP contribution in [0.4, 0.5) is 11.6 Å². The van der Waals surface area contributed by atoms with E-state index in [1.54, 1.807) is 7.11 Å². The third-order valence-corrected chi connectivity index (χ3v) is 3.34. The van der Waals surface area contributed by atoms with Crippen LogP contribution < -0.4 is 19.5 Å². The summed E-state index contributed by atoms with van der Waals surface area (Å²) in [5.74, 6) is 2.85. The number of aromatic nitrogens is 2. The van der Waals surface area contributed by atoms with Gasteiger partial charge in [0.1, 0.15) is 5.75 Å². The molecule has 0 aliphatic carbocycles. The van der Waals surface area contributed by atoms with E-state index >= 15 is 0 Å². The van der Waals surface area contributed by atoms with Crippen LogP contribution in [0.3, 0.4) is 0 Å². The van der Waals surface area contributed by atoms with E-state index in [0.29, 0.717) is 5.95 Å². The highest BCUT2D eigenvalue weighted by molar-refractivity contribution is 5.83. The van der Waals surface area contributed by atoms with Gasteiger partial charge in [-0.1, -0.05) is 12.1 Å². The molecule has 0 saturated carbocycles. The van der Waals surface area contributed by atoms with E-state index in [-0.39, 0.29) is 6.79 Å². The molecule has 0 saturated heterocycles. The van der Waals surface area contributed by atoms with E-state index in [1.165, 1.54) is 0 Å². The lowest BCUT2D eigenvalue weighted by Gasteiger charge is -2.07. The molecule has 0 fully saturated rings. The molecule has 2 heterocycles. The van der Waals surface area contributed by atoms with Crippen LogP contribution in [0.5, 0.6) is 17.2 Å². The van der Waals surface area contributed by atoms with Crippen molar-refractivity contribution in [1.82, 2.24) is 9.97 Å². The number of hydrogen-bond acceptors (Lipinski definition) is 5. The van der Waals surface area contributed by atoms with E-state index in [0.717, 1.165) is 34.0 Å². The number of anilines is 2. The van der Waals surface area contributed by atoms with Crippen molar-refractivity contribution in [2.24, 2.45) is 0 Å². The molecule has 0 spiro atoms. The van der Waals surface area contributed by atoms with Crippen molar-refractivity contribution >= 4 is 22.7 Å². The molecule has 2 N–H and O–H groups in total. The number of imidazole rings is 1. The van der Waals surface area contributed by atoms with Crippen LogP contribution >= 0.6 is 0 Å². The summed E-state index contributed by atoms with van der Waals surface area (Å²) in [5, 5.41) is 3.21. The van der Waals surface area contributed by atoms with Gasteiger partial charge in [-0.2, -0.15) is 0 Å². The molecule has 4 rings (SSSR count). The number of para-hydroxylation sites is 2. The molecule has 0 unspecified atom stereocenters. The molecule has 1 aromatic heterocycles. The first kappa shape index (κ1) is 11.9. The summed E-state index contributed by atoms with van der Waals surface area (Å²) in [5.41, 5.74) is 2.55. The first-order valence-corrected chi connectivity index (χ1v) is 6.53. The number of aromatic amines is 1. The summed E-state index contributed by atoms with van der Waals surface area (Å²) in [6, 6.07) is 11.4. The maximum Gasteiger partial charge on any atom is 0.231 e. The maximum atomic E-state index is 5.36. The minimum absolute atomic E-state index is 0.258. The van der Waals surface area contributed by atoms with Gasteiger partial charge in [-0.15, -0.1) is 0 Å². The molecule has 106 valence electrons. The molecule has 1 aliphatic rings. The number of nitrogens with zero attached hydrogens (tertiary/aromatic N) is 1. The number of benzene rings is 2. The molecule has 0 amide bonds. The zero-order chi connectivity index (χ0) is 14.2. The number of hydrogen-bond donors (Lipinski definition) is 2. The van der Waals surface area contributed by atoms with Crippen molar-refractivity contribution in [3.05, 3.63) is 36.4 Å². The average molecular weight is 283 g/mol. The number of ether oxygens (including phenoxy) is 3. The van der Waals surface area contributed by atoms with Gasteiger partial charge in [0, 0.05) is 12.1 Å². The topological polar surface area (TPSA) is 68.4 Å². The Labute approximate surface area is 120 Å². The van der Waals surface area contributed by atoms with Crippen LogP contribution in [-0.2, 0) is 0 Å². The molecule has 6 heteroatoms. The summed E-state index contributed by atoms with van der Waals surface area (Å²) >= 11 is 0. The minimum atomic E-state index is 0.258. The monoisotopic (exact) mass is 283 g/mol. The molecular formula is C15H13N3O3. The summed E-state index contributed by atoms with van der Waals surface area (Å²) in [6.07, 6.45) is 0. The highest BCUT2D eigenvalue weighted by Gasteiger charge is 2.16. The number of methoxy groups -OCH3 is 1. The summed E-state index contributed by atoms with van der Waals surface area (Å²) in [6.45, 7) is 0.258. The Hall–Kier alpha value is -2.89. The fraction of sp³-hybridized carbons (Fsp3) is 0.133. The Morgan fingerprint density at radius 3 is 2.86 bits per heavy atom. The van der Waals surface area contributed by atoms with Gasteiger partial charge in [0.05, 0.1) is 23.8 Å². The third kappa shape index (κ3) is 2.01. The first-order chi connectivity index (χ1) is 10.3. The lowest BCUT2D eigenvalue weighted by Crippen LogP contribution is -1.95. The second-order valence-electron chi connectivity index (χ2n) is 4.63. The van der Waals surface area contributed by atoms with Gasteiger partial charge in [-0.05, 0) is 12.1 Å². The second-order valence-corrected chi connectivity index (χ2v) is 4.63. The minimum Gasteiger partial charge on any atom is -0.495 e. The lowest BCUT2D eigenvalue weighted by atomic mass is 10.3. The van der Waals surface area contributed by atoms with Crippen LogP contribution in [0, 0.1) is 0 Å². The second kappa shape index (κ2) is 4.59. The van der Waals surface area contributed by atoms with Gasteiger partial charge in [0.15, 0.2) is 11.5 Å². The molecule has 0 atom stereocenters. The van der Waals surface area contributed by atoms with E-state index in [2.05, 4.69) is 15.3 Å². The predicted octanol–water partition coefficient (Wildman–Crippen LogP) is 3.04. The molecule has 2 aromatic carbocycles. The molecule has 21 heavy (non-hydrogen) atoms. The summed E-state index contributed by atoms with van der Waals surface area (Å²) in [4.78, 5) is 7.71. The zero-order valence-corrected chi connectivity index (χ0v) is 11.3. The van der Waals surface area contributed by atoms with E-state index in [9.17, 15) is 0 Å². The molecule has 0 bridgehead atoms. The van der Waals surface area contributed by atoms with Crippen molar-refractivity contribution in [3.8, 4) is 17.2 Å². The highest BCUT2D eigenvalue weighted by Crippen LogP contribution is 2.36.